The zero-order chi connectivity index (χ0) is 19.6. The van der Waals surface area contributed by atoms with Gasteiger partial charge in [-0.05, 0) is 33.0 Å². The number of rotatable bonds is 3. The van der Waals surface area contributed by atoms with Crippen LogP contribution in [0.25, 0.3) is 0 Å². The van der Waals surface area contributed by atoms with Crippen LogP contribution in [0.1, 0.15) is 11.4 Å². The van der Waals surface area contributed by atoms with Gasteiger partial charge in [-0.2, -0.15) is 0 Å². The van der Waals surface area contributed by atoms with Crippen molar-refractivity contribution < 1.29 is 13.6 Å². The maximum atomic E-state index is 13.7. The normalized spacial score (nSPS) is 14.9. The van der Waals surface area contributed by atoms with Gasteiger partial charge in [-0.25, -0.2) is 23.5 Å². The second-order valence-corrected chi connectivity index (χ2v) is 6.54. The molecule has 0 unspecified atom stereocenters. The van der Waals surface area contributed by atoms with Crippen LogP contribution in [0.5, 0.6) is 0 Å². The van der Waals surface area contributed by atoms with Crippen LogP contribution >= 0.6 is 0 Å². The topological polar surface area (TPSA) is 73.4 Å². The third kappa shape index (κ3) is 4.30. The fourth-order valence-corrected chi connectivity index (χ4v) is 2.90. The summed E-state index contributed by atoms with van der Waals surface area (Å²) in [6.07, 6.45) is 0. The summed E-state index contributed by atoms with van der Waals surface area (Å²) < 4.78 is 27.4. The van der Waals surface area contributed by atoms with E-state index in [1.54, 1.807) is 13.8 Å². The average molecular weight is 376 g/mol. The number of carbonyl (C=O) groups excluding carboxylic acids is 1. The van der Waals surface area contributed by atoms with E-state index in [-0.39, 0.29) is 0 Å². The molecule has 0 spiro atoms. The Balaban J connectivity index is 1.74. The second-order valence-electron chi connectivity index (χ2n) is 6.54. The molecule has 1 aromatic carbocycles. The maximum Gasteiger partial charge on any atom is 0.323 e. The predicted octanol–water partition coefficient (Wildman–Crippen LogP) is 2.77. The molecule has 1 aromatic heterocycles. The van der Waals surface area contributed by atoms with Crippen molar-refractivity contribution in [2.75, 3.05) is 48.8 Å². The van der Waals surface area contributed by atoms with Crippen molar-refractivity contribution in [3.05, 3.63) is 41.2 Å². The summed E-state index contributed by atoms with van der Waals surface area (Å²) in [5, 5.41) is 4.78. The van der Waals surface area contributed by atoms with Gasteiger partial charge in [0.2, 0.25) is 5.95 Å². The number of hydrogen-bond acceptors (Lipinski definition) is 5. The molecule has 1 aliphatic rings. The van der Waals surface area contributed by atoms with Crippen molar-refractivity contribution in [3.63, 3.8) is 0 Å². The predicted molar refractivity (Wildman–Crippen MR) is 100 cm³/mol. The molecule has 1 fully saturated rings. The summed E-state index contributed by atoms with van der Waals surface area (Å²) in [5.41, 5.74) is 1.09. The van der Waals surface area contributed by atoms with Crippen LogP contribution in [-0.4, -0.2) is 54.1 Å². The van der Waals surface area contributed by atoms with E-state index in [9.17, 15) is 13.6 Å². The lowest BCUT2D eigenvalue weighted by molar-refractivity contribution is 0.262. The highest BCUT2D eigenvalue weighted by Gasteiger charge is 2.20. The van der Waals surface area contributed by atoms with Gasteiger partial charge in [0.05, 0.1) is 17.1 Å². The van der Waals surface area contributed by atoms with Gasteiger partial charge >= 0.3 is 6.03 Å². The fourth-order valence-electron chi connectivity index (χ4n) is 2.90. The molecule has 0 bridgehead atoms. The standard InChI is InChI=1S/C18H22F2N6O/c1-11-15(23-18(27)24-16-13(19)5-4-6-14(16)20)12(2)22-17(21-11)26-9-7-25(3)8-10-26/h4-6H,7-10H2,1-3H3,(H2,23,24,27). The van der Waals surface area contributed by atoms with Crippen molar-refractivity contribution in [2.45, 2.75) is 13.8 Å². The maximum absolute atomic E-state index is 13.7. The van der Waals surface area contributed by atoms with Crippen molar-refractivity contribution in [1.82, 2.24) is 14.9 Å². The van der Waals surface area contributed by atoms with Gasteiger partial charge in [-0.3, -0.25) is 0 Å². The number of aryl methyl sites for hydroxylation is 2. The molecule has 0 atom stereocenters. The van der Waals surface area contributed by atoms with Crippen LogP contribution in [0.3, 0.4) is 0 Å². The van der Waals surface area contributed by atoms with Gasteiger partial charge in [0.25, 0.3) is 0 Å². The Morgan fingerprint density at radius 1 is 0.963 bits per heavy atom. The van der Waals surface area contributed by atoms with E-state index in [1.807, 2.05) is 0 Å². The third-order valence-electron chi connectivity index (χ3n) is 4.48. The van der Waals surface area contributed by atoms with Gasteiger partial charge in [0.15, 0.2) is 0 Å². The van der Waals surface area contributed by atoms with Crippen LogP contribution in [0.2, 0.25) is 0 Å². The zero-order valence-electron chi connectivity index (χ0n) is 15.5. The number of likely N-dealkylation sites (N-methyl/N-ethyl adjacent to an activating group) is 1. The van der Waals surface area contributed by atoms with Crippen molar-refractivity contribution in [3.8, 4) is 0 Å². The first-order valence-corrected chi connectivity index (χ1v) is 8.66. The molecule has 144 valence electrons. The number of amides is 2. The number of benzene rings is 1. The lowest BCUT2D eigenvalue weighted by atomic mass is 10.2. The van der Waals surface area contributed by atoms with Crippen LogP contribution in [-0.2, 0) is 0 Å². The van der Waals surface area contributed by atoms with Gasteiger partial charge in [-0.15, -0.1) is 0 Å². The molecule has 0 aliphatic carbocycles. The van der Waals surface area contributed by atoms with Crippen LogP contribution in [0, 0.1) is 25.5 Å². The first-order chi connectivity index (χ1) is 12.8. The van der Waals surface area contributed by atoms with Crippen LogP contribution < -0.4 is 15.5 Å². The molecule has 2 N–H and O–H groups in total. The first kappa shape index (κ1) is 19.0. The van der Waals surface area contributed by atoms with Crippen molar-refractivity contribution in [2.24, 2.45) is 0 Å². The molecule has 0 radical (unpaired) electrons. The largest absolute Gasteiger partial charge is 0.338 e. The minimum absolute atomic E-state index is 0.419. The Hall–Kier alpha value is -2.81. The Kier molecular flexibility index (Phi) is 5.50. The molecule has 2 amide bonds. The van der Waals surface area contributed by atoms with Gasteiger partial charge in [-0.1, -0.05) is 6.07 Å². The summed E-state index contributed by atoms with van der Waals surface area (Å²) >= 11 is 0. The van der Waals surface area contributed by atoms with E-state index in [4.69, 9.17) is 0 Å². The number of aromatic nitrogens is 2. The molecule has 2 aromatic rings. The SMILES string of the molecule is Cc1nc(N2CCN(C)CC2)nc(C)c1NC(=O)Nc1c(F)cccc1F. The monoisotopic (exact) mass is 376 g/mol. The summed E-state index contributed by atoms with van der Waals surface area (Å²) in [5.74, 6) is -1.08. The number of carbonyl (C=O) groups is 1. The van der Waals surface area contributed by atoms with Gasteiger partial charge in [0.1, 0.15) is 17.3 Å². The third-order valence-corrected chi connectivity index (χ3v) is 4.48. The number of nitrogens with zero attached hydrogens (tertiary/aromatic N) is 4. The lowest BCUT2D eigenvalue weighted by Crippen LogP contribution is -2.45. The molecular weight excluding hydrogens is 354 g/mol. The summed E-state index contributed by atoms with van der Waals surface area (Å²) in [7, 11) is 2.07. The number of halogens is 2. The van der Waals surface area contributed by atoms with Crippen LogP contribution in [0.4, 0.5) is 30.9 Å². The molecular formula is C18H22F2N6O. The van der Waals surface area contributed by atoms with E-state index < -0.39 is 23.4 Å². The van der Waals surface area contributed by atoms with E-state index in [0.29, 0.717) is 23.0 Å². The number of hydrogen-bond donors (Lipinski definition) is 2. The summed E-state index contributed by atoms with van der Waals surface area (Å²) in [6.45, 7) is 7.03. The minimum atomic E-state index is -0.847. The molecule has 0 saturated carbocycles. The number of urea groups is 1. The number of para-hydroxylation sites is 1. The molecule has 9 heteroatoms. The van der Waals surface area contributed by atoms with Gasteiger partial charge < -0.3 is 20.4 Å². The molecule has 2 heterocycles. The van der Waals surface area contributed by atoms with E-state index in [0.717, 1.165) is 38.3 Å². The van der Waals surface area contributed by atoms with E-state index in [2.05, 4.69) is 37.4 Å². The summed E-state index contributed by atoms with van der Waals surface area (Å²) in [6, 6.07) is 2.61. The second kappa shape index (κ2) is 7.83. The fraction of sp³-hybridized carbons (Fsp3) is 0.389. The quantitative estimate of drug-likeness (QED) is 0.862. The molecule has 27 heavy (non-hydrogen) atoms. The van der Waals surface area contributed by atoms with Crippen LogP contribution in [0.15, 0.2) is 18.2 Å². The lowest BCUT2D eigenvalue weighted by Gasteiger charge is -2.32. The average Bonchev–Trinajstić information content (AvgIpc) is 2.62. The number of nitrogens with one attached hydrogen (secondary N) is 2. The summed E-state index contributed by atoms with van der Waals surface area (Å²) in [4.78, 5) is 25.5. The van der Waals surface area contributed by atoms with Crippen molar-refractivity contribution >= 4 is 23.4 Å². The molecule has 3 rings (SSSR count). The van der Waals surface area contributed by atoms with E-state index in [1.165, 1.54) is 6.07 Å². The highest BCUT2D eigenvalue weighted by atomic mass is 19.1. The Bertz CT molecular complexity index is 808. The smallest absolute Gasteiger partial charge is 0.323 e. The zero-order valence-corrected chi connectivity index (χ0v) is 15.5. The van der Waals surface area contributed by atoms with E-state index >= 15 is 0 Å². The molecule has 7 nitrogen and oxygen atoms in total. The highest BCUT2D eigenvalue weighted by molar-refractivity contribution is 6.00. The minimum Gasteiger partial charge on any atom is -0.338 e. The Morgan fingerprint density at radius 3 is 2.04 bits per heavy atom. The molecule has 1 saturated heterocycles. The number of anilines is 3. The van der Waals surface area contributed by atoms with Gasteiger partial charge in [0, 0.05) is 26.2 Å². The van der Waals surface area contributed by atoms with Crippen molar-refractivity contribution in [1.29, 1.82) is 0 Å². The Morgan fingerprint density at radius 2 is 1.48 bits per heavy atom. The first-order valence-electron chi connectivity index (χ1n) is 8.66. The Labute approximate surface area is 156 Å². The number of piperazine rings is 1. The molecule has 1 aliphatic heterocycles. The highest BCUT2D eigenvalue weighted by Crippen LogP contribution is 2.23.